The van der Waals surface area contributed by atoms with Crippen LogP contribution in [0.15, 0.2) is 18.2 Å². The molecule has 1 aliphatic heterocycles. The van der Waals surface area contributed by atoms with Crippen LogP contribution in [0.4, 0.5) is 9.18 Å². The molecule has 2 N–H and O–H groups in total. The lowest BCUT2D eigenvalue weighted by Crippen LogP contribution is -2.30. The van der Waals surface area contributed by atoms with Gasteiger partial charge in [-0.05, 0) is 24.1 Å². The molecule has 1 aromatic carbocycles. The Bertz CT molecular complexity index is 437. The lowest BCUT2D eigenvalue weighted by atomic mass is 10.0. The van der Waals surface area contributed by atoms with E-state index in [-0.39, 0.29) is 24.5 Å². The van der Waals surface area contributed by atoms with Crippen LogP contribution in [0.1, 0.15) is 17.2 Å². The van der Waals surface area contributed by atoms with Crippen LogP contribution >= 0.6 is 0 Å². The zero-order valence-corrected chi connectivity index (χ0v) is 9.61. The van der Waals surface area contributed by atoms with E-state index in [0.29, 0.717) is 18.7 Å². The molecule has 1 heterocycles. The van der Waals surface area contributed by atoms with Gasteiger partial charge in [0.25, 0.3) is 0 Å². The maximum absolute atomic E-state index is 13.1. The fourth-order valence-corrected chi connectivity index (χ4v) is 1.98. The molecule has 4 nitrogen and oxygen atoms in total. The van der Waals surface area contributed by atoms with Crippen molar-refractivity contribution >= 4 is 6.03 Å². The Kier molecular flexibility index (Phi) is 3.28. The van der Waals surface area contributed by atoms with Gasteiger partial charge in [0.2, 0.25) is 0 Å². The Morgan fingerprint density at radius 2 is 2.35 bits per heavy atom. The van der Waals surface area contributed by atoms with Crippen molar-refractivity contribution in [3.05, 3.63) is 35.1 Å². The SMILES string of the molecule is Cc1cc(C2CN(CCO)C(=O)N2)ccc1F. The van der Waals surface area contributed by atoms with E-state index < -0.39 is 0 Å². The predicted molar refractivity (Wildman–Crippen MR) is 61.1 cm³/mol. The average Bonchev–Trinajstić information content (AvgIpc) is 2.65. The minimum Gasteiger partial charge on any atom is -0.395 e. The lowest BCUT2D eigenvalue weighted by Gasteiger charge is -2.13. The van der Waals surface area contributed by atoms with Crippen molar-refractivity contribution in [2.45, 2.75) is 13.0 Å². The van der Waals surface area contributed by atoms with Gasteiger partial charge in [0, 0.05) is 13.1 Å². The first-order valence-corrected chi connectivity index (χ1v) is 5.54. The summed E-state index contributed by atoms with van der Waals surface area (Å²) in [5, 5.41) is 11.6. The van der Waals surface area contributed by atoms with Crippen molar-refractivity contribution in [2.24, 2.45) is 0 Å². The molecule has 1 saturated heterocycles. The van der Waals surface area contributed by atoms with Gasteiger partial charge in [-0.15, -0.1) is 0 Å². The molecule has 0 aromatic heterocycles. The number of amides is 2. The van der Waals surface area contributed by atoms with Gasteiger partial charge < -0.3 is 15.3 Å². The summed E-state index contributed by atoms with van der Waals surface area (Å²) >= 11 is 0. The number of aliphatic hydroxyl groups excluding tert-OH is 1. The van der Waals surface area contributed by atoms with Crippen LogP contribution in [-0.2, 0) is 0 Å². The number of β-amino-alcohol motifs (C(OH)–C–C–N with tert-alkyl or cyclic N) is 1. The number of carbonyl (C=O) groups excluding carboxylic acids is 1. The number of carbonyl (C=O) groups is 1. The summed E-state index contributed by atoms with van der Waals surface area (Å²) in [7, 11) is 0. The molecule has 2 amide bonds. The second-order valence-electron chi connectivity index (χ2n) is 4.18. The minimum atomic E-state index is -0.245. The van der Waals surface area contributed by atoms with Gasteiger partial charge in [0.15, 0.2) is 0 Å². The molecule has 0 bridgehead atoms. The summed E-state index contributed by atoms with van der Waals surface area (Å²) in [5.41, 5.74) is 1.45. The van der Waals surface area contributed by atoms with Crippen molar-refractivity contribution in [3.8, 4) is 0 Å². The number of nitrogens with one attached hydrogen (secondary N) is 1. The van der Waals surface area contributed by atoms with Crippen molar-refractivity contribution in [3.63, 3.8) is 0 Å². The van der Waals surface area contributed by atoms with E-state index in [1.807, 2.05) is 0 Å². The molecule has 1 fully saturated rings. The third-order valence-corrected chi connectivity index (χ3v) is 2.94. The number of hydrogen-bond donors (Lipinski definition) is 2. The Morgan fingerprint density at radius 1 is 1.59 bits per heavy atom. The number of hydrogen-bond acceptors (Lipinski definition) is 2. The molecule has 1 atom stereocenters. The molecule has 1 unspecified atom stereocenters. The van der Waals surface area contributed by atoms with Gasteiger partial charge in [0.1, 0.15) is 5.82 Å². The molecule has 0 aliphatic carbocycles. The number of halogens is 1. The number of aryl methyl sites for hydroxylation is 1. The number of rotatable bonds is 3. The largest absolute Gasteiger partial charge is 0.395 e. The van der Waals surface area contributed by atoms with E-state index in [2.05, 4.69) is 5.32 Å². The smallest absolute Gasteiger partial charge is 0.318 e. The summed E-state index contributed by atoms with van der Waals surface area (Å²) in [6, 6.07) is 4.50. The van der Waals surface area contributed by atoms with Crippen LogP contribution in [0.25, 0.3) is 0 Å². The number of nitrogens with zero attached hydrogens (tertiary/aromatic N) is 1. The average molecular weight is 238 g/mol. The molecule has 0 radical (unpaired) electrons. The first-order chi connectivity index (χ1) is 8.11. The quantitative estimate of drug-likeness (QED) is 0.831. The van der Waals surface area contributed by atoms with Crippen LogP contribution in [0, 0.1) is 12.7 Å². The lowest BCUT2D eigenvalue weighted by molar-refractivity contribution is 0.196. The third kappa shape index (κ3) is 2.39. The summed E-state index contributed by atoms with van der Waals surface area (Å²) in [5.74, 6) is -0.245. The molecule has 92 valence electrons. The van der Waals surface area contributed by atoms with Crippen LogP contribution in [0.2, 0.25) is 0 Å². The van der Waals surface area contributed by atoms with E-state index in [0.717, 1.165) is 5.56 Å². The zero-order chi connectivity index (χ0) is 12.4. The van der Waals surface area contributed by atoms with Crippen LogP contribution in [-0.4, -0.2) is 35.7 Å². The van der Waals surface area contributed by atoms with Crippen LogP contribution in [0.3, 0.4) is 0 Å². The first kappa shape index (κ1) is 11.9. The van der Waals surface area contributed by atoms with Crippen LogP contribution in [0.5, 0.6) is 0 Å². The highest BCUT2D eigenvalue weighted by atomic mass is 19.1. The third-order valence-electron chi connectivity index (χ3n) is 2.94. The maximum atomic E-state index is 13.1. The van der Waals surface area contributed by atoms with Gasteiger partial charge >= 0.3 is 6.03 Å². The Morgan fingerprint density at radius 3 is 3.00 bits per heavy atom. The topological polar surface area (TPSA) is 52.6 Å². The summed E-state index contributed by atoms with van der Waals surface area (Å²) in [6.07, 6.45) is 0. The van der Waals surface area contributed by atoms with Gasteiger partial charge in [0.05, 0.1) is 12.6 Å². The Balaban J connectivity index is 2.14. The normalized spacial score (nSPS) is 19.6. The highest BCUT2D eigenvalue weighted by Crippen LogP contribution is 2.21. The molecule has 0 spiro atoms. The monoisotopic (exact) mass is 238 g/mol. The Hall–Kier alpha value is -1.62. The fourth-order valence-electron chi connectivity index (χ4n) is 1.98. The zero-order valence-electron chi connectivity index (χ0n) is 9.61. The van der Waals surface area contributed by atoms with Crippen molar-refractivity contribution in [2.75, 3.05) is 19.7 Å². The molecule has 17 heavy (non-hydrogen) atoms. The van der Waals surface area contributed by atoms with Gasteiger partial charge in [-0.2, -0.15) is 0 Å². The Labute approximate surface area is 99.0 Å². The number of urea groups is 1. The molecule has 5 heteroatoms. The summed E-state index contributed by atoms with van der Waals surface area (Å²) < 4.78 is 13.1. The van der Waals surface area contributed by atoms with Gasteiger partial charge in [-0.1, -0.05) is 12.1 Å². The highest BCUT2D eigenvalue weighted by molar-refractivity contribution is 5.77. The summed E-state index contributed by atoms with van der Waals surface area (Å²) in [6.45, 7) is 2.47. The standard InChI is InChI=1S/C12H15FN2O2/c1-8-6-9(2-3-10(8)13)11-7-15(4-5-16)12(17)14-11/h2-3,6,11,16H,4-5,7H2,1H3,(H,14,17). The first-order valence-electron chi connectivity index (χ1n) is 5.54. The fraction of sp³-hybridized carbons (Fsp3) is 0.417. The van der Waals surface area contributed by atoms with Gasteiger partial charge in [-0.25, -0.2) is 9.18 Å². The number of benzene rings is 1. The second-order valence-corrected chi connectivity index (χ2v) is 4.18. The van der Waals surface area contributed by atoms with E-state index >= 15 is 0 Å². The van der Waals surface area contributed by atoms with E-state index in [9.17, 15) is 9.18 Å². The van der Waals surface area contributed by atoms with Crippen LogP contribution < -0.4 is 5.32 Å². The van der Waals surface area contributed by atoms with Gasteiger partial charge in [-0.3, -0.25) is 0 Å². The van der Waals surface area contributed by atoms with E-state index in [1.54, 1.807) is 24.0 Å². The molecule has 2 rings (SSSR count). The van der Waals surface area contributed by atoms with Crippen molar-refractivity contribution in [1.82, 2.24) is 10.2 Å². The molecular formula is C12H15FN2O2. The molecule has 0 saturated carbocycles. The molecular weight excluding hydrogens is 223 g/mol. The molecule has 1 aromatic rings. The minimum absolute atomic E-state index is 0.0530. The highest BCUT2D eigenvalue weighted by Gasteiger charge is 2.29. The number of aliphatic hydroxyl groups is 1. The van der Waals surface area contributed by atoms with E-state index in [4.69, 9.17) is 5.11 Å². The van der Waals surface area contributed by atoms with Crippen molar-refractivity contribution in [1.29, 1.82) is 0 Å². The van der Waals surface area contributed by atoms with Crippen molar-refractivity contribution < 1.29 is 14.3 Å². The molecule has 1 aliphatic rings. The second kappa shape index (κ2) is 4.71. The summed E-state index contributed by atoms with van der Waals surface area (Å²) in [4.78, 5) is 13.1. The predicted octanol–water partition coefficient (Wildman–Crippen LogP) is 1.19. The maximum Gasteiger partial charge on any atom is 0.318 e. The van der Waals surface area contributed by atoms with E-state index in [1.165, 1.54) is 6.07 Å².